The van der Waals surface area contributed by atoms with Crippen LogP contribution in [0.25, 0.3) is 0 Å². The standard InChI is InChI=1S/C16H12Cl2N4O3S2/c1-9-2-5-12(18)8-13(9)22-27(24,25)16-21-20-15(26-16)19-14(23)10-3-6-11(17)7-4-10/h2-8,22H,1H3,(H,19,20,23). The highest BCUT2D eigenvalue weighted by Crippen LogP contribution is 2.26. The van der Waals surface area contributed by atoms with Crippen molar-refractivity contribution in [3.8, 4) is 0 Å². The Morgan fingerprint density at radius 1 is 1.04 bits per heavy atom. The third-order valence-electron chi connectivity index (χ3n) is 3.41. The maximum atomic E-state index is 12.5. The fraction of sp³-hybridized carbons (Fsp3) is 0.0625. The second-order valence-corrected chi connectivity index (χ2v) is 9.11. The highest BCUT2D eigenvalue weighted by atomic mass is 35.5. The van der Waals surface area contributed by atoms with Crippen LogP contribution in [0.1, 0.15) is 15.9 Å². The largest absolute Gasteiger partial charge is 0.296 e. The number of halogens is 2. The maximum Gasteiger partial charge on any atom is 0.291 e. The molecule has 0 saturated heterocycles. The Kier molecular flexibility index (Phi) is 5.66. The van der Waals surface area contributed by atoms with Gasteiger partial charge in [0.15, 0.2) is 0 Å². The van der Waals surface area contributed by atoms with Crippen molar-refractivity contribution in [1.29, 1.82) is 0 Å². The fourth-order valence-corrected chi connectivity index (χ4v) is 4.35. The van der Waals surface area contributed by atoms with Gasteiger partial charge in [-0.15, -0.1) is 10.2 Å². The molecule has 140 valence electrons. The number of nitrogens with zero attached hydrogens (tertiary/aromatic N) is 2. The van der Waals surface area contributed by atoms with Crippen LogP contribution >= 0.6 is 34.5 Å². The number of sulfonamides is 1. The molecule has 0 atom stereocenters. The predicted molar refractivity (Wildman–Crippen MR) is 106 cm³/mol. The number of rotatable bonds is 5. The molecule has 2 N–H and O–H groups in total. The van der Waals surface area contributed by atoms with Crippen LogP contribution in [0.3, 0.4) is 0 Å². The van der Waals surface area contributed by atoms with Crippen LogP contribution in [0.5, 0.6) is 0 Å². The van der Waals surface area contributed by atoms with Crippen LogP contribution in [0.15, 0.2) is 46.8 Å². The molecule has 0 spiro atoms. The normalized spacial score (nSPS) is 11.2. The van der Waals surface area contributed by atoms with E-state index in [1.165, 1.54) is 6.07 Å². The van der Waals surface area contributed by atoms with Gasteiger partial charge in [0.1, 0.15) is 0 Å². The van der Waals surface area contributed by atoms with E-state index in [-0.39, 0.29) is 9.47 Å². The van der Waals surface area contributed by atoms with Gasteiger partial charge in [-0.25, -0.2) is 0 Å². The van der Waals surface area contributed by atoms with E-state index in [1.807, 2.05) is 0 Å². The molecular weight excluding hydrogens is 431 g/mol. The molecule has 7 nitrogen and oxygen atoms in total. The molecule has 27 heavy (non-hydrogen) atoms. The van der Waals surface area contributed by atoms with Crippen molar-refractivity contribution in [3.05, 3.63) is 63.6 Å². The quantitative estimate of drug-likeness (QED) is 0.576. The molecule has 0 saturated carbocycles. The van der Waals surface area contributed by atoms with Crippen LogP contribution in [0.2, 0.25) is 10.0 Å². The van der Waals surface area contributed by atoms with Crippen LogP contribution in [-0.2, 0) is 10.0 Å². The summed E-state index contributed by atoms with van der Waals surface area (Å²) in [7, 11) is -3.97. The van der Waals surface area contributed by atoms with E-state index < -0.39 is 15.9 Å². The molecule has 0 bridgehead atoms. The van der Waals surface area contributed by atoms with Gasteiger partial charge >= 0.3 is 0 Å². The molecule has 11 heteroatoms. The molecule has 0 unspecified atom stereocenters. The van der Waals surface area contributed by atoms with E-state index in [0.29, 0.717) is 26.9 Å². The lowest BCUT2D eigenvalue weighted by atomic mass is 10.2. The number of aromatic nitrogens is 2. The molecule has 0 aliphatic heterocycles. The lowest BCUT2D eigenvalue weighted by molar-refractivity contribution is 0.102. The van der Waals surface area contributed by atoms with Gasteiger partial charge < -0.3 is 0 Å². The van der Waals surface area contributed by atoms with Gasteiger partial charge in [-0.2, -0.15) is 8.42 Å². The zero-order valence-corrected chi connectivity index (χ0v) is 16.9. The van der Waals surface area contributed by atoms with Gasteiger partial charge in [-0.3, -0.25) is 14.8 Å². The number of nitrogens with one attached hydrogen (secondary N) is 2. The number of amides is 1. The van der Waals surface area contributed by atoms with Crippen LogP contribution in [0.4, 0.5) is 10.8 Å². The first-order valence-electron chi connectivity index (χ1n) is 7.44. The Morgan fingerprint density at radius 3 is 2.41 bits per heavy atom. The molecule has 0 radical (unpaired) electrons. The molecule has 1 amide bonds. The summed E-state index contributed by atoms with van der Waals surface area (Å²) >= 11 is 12.4. The van der Waals surface area contributed by atoms with Crippen LogP contribution in [0, 0.1) is 6.92 Å². The first-order valence-corrected chi connectivity index (χ1v) is 10.5. The second-order valence-electron chi connectivity index (χ2n) is 5.40. The Labute approximate surface area is 169 Å². The average molecular weight is 443 g/mol. The number of aryl methyl sites for hydroxylation is 1. The molecule has 0 aliphatic carbocycles. The fourth-order valence-electron chi connectivity index (χ4n) is 2.03. The van der Waals surface area contributed by atoms with Crippen molar-refractivity contribution >= 4 is 61.3 Å². The number of benzene rings is 2. The molecule has 1 aromatic heterocycles. The van der Waals surface area contributed by atoms with Gasteiger partial charge in [-0.1, -0.05) is 40.6 Å². The van der Waals surface area contributed by atoms with E-state index >= 15 is 0 Å². The van der Waals surface area contributed by atoms with E-state index in [1.54, 1.807) is 43.3 Å². The summed E-state index contributed by atoms with van der Waals surface area (Å²) in [5.74, 6) is -0.453. The molecule has 3 aromatic rings. The SMILES string of the molecule is Cc1ccc(Cl)cc1NS(=O)(=O)c1nnc(NC(=O)c2ccc(Cl)cc2)s1. The number of anilines is 2. The van der Waals surface area contributed by atoms with Gasteiger partial charge in [0.25, 0.3) is 20.3 Å². The number of hydrogen-bond acceptors (Lipinski definition) is 6. The van der Waals surface area contributed by atoms with Crippen molar-refractivity contribution in [2.24, 2.45) is 0 Å². The molecule has 0 fully saturated rings. The third kappa shape index (κ3) is 4.75. The summed E-state index contributed by atoms with van der Waals surface area (Å²) in [6.07, 6.45) is 0. The minimum absolute atomic E-state index is 0.0538. The Morgan fingerprint density at radius 2 is 1.70 bits per heavy atom. The van der Waals surface area contributed by atoms with Crippen molar-refractivity contribution in [3.63, 3.8) is 0 Å². The molecular formula is C16H12Cl2N4O3S2. The number of carbonyl (C=O) groups excluding carboxylic acids is 1. The molecule has 2 aromatic carbocycles. The summed E-state index contributed by atoms with van der Waals surface area (Å²) in [6.45, 7) is 1.74. The Hall–Kier alpha value is -2.20. The van der Waals surface area contributed by atoms with Gasteiger partial charge in [0.05, 0.1) is 5.69 Å². The second kappa shape index (κ2) is 7.81. The summed E-state index contributed by atoms with van der Waals surface area (Å²) in [5.41, 5.74) is 1.39. The molecule has 1 heterocycles. The van der Waals surface area contributed by atoms with Crippen LogP contribution in [-0.4, -0.2) is 24.5 Å². The highest BCUT2D eigenvalue weighted by molar-refractivity contribution is 7.94. The zero-order valence-electron chi connectivity index (χ0n) is 13.7. The first kappa shape index (κ1) is 19.6. The van der Waals surface area contributed by atoms with E-state index in [0.717, 1.165) is 11.3 Å². The topological polar surface area (TPSA) is 101 Å². The summed E-state index contributed by atoms with van der Waals surface area (Å²) in [4.78, 5) is 12.2. The minimum Gasteiger partial charge on any atom is -0.296 e. The van der Waals surface area contributed by atoms with Gasteiger partial charge in [-0.05, 0) is 48.9 Å². The minimum atomic E-state index is -3.97. The highest BCUT2D eigenvalue weighted by Gasteiger charge is 2.22. The summed E-state index contributed by atoms with van der Waals surface area (Å²) in [6, 6.07) is 11.1. The molecule has 0 aliphatic rings. The van der Waals surface area contributed by atoms with E-state index in [9.17, 15) is 13.2 Å². The number of carbonyl (C=O) groups is 1. The van der Waals surface area contributed by atoms with Crippen molar-refractivity contribution in [1.82, 2.24) is 10.2 Å². The predicted octanol–water partition coefficient (Wildman–Crippen LogP) is 4.21. The first-order chi connectivity index (χ1) is 12.7. The summed E-state index contributed by atoms with van der Waals surface area (Å²) < 4.78 is 27.1. The van der Waals surface area contributed by atoms with Gasteiger partial charge in [0, 0.05) is 15.6 Å². The lowest BCUT2D eigenvalue weighted by Crippen LogP contribution is -2.13. The lowest BCUT2D eigenvalue weighted by Gasteiger charge is -2.08. The smallest absolute Gasteiger partial charge is 0.291 e. The zero-order chi connectivity index (χ0) is 19.6. The Balaban J connectivity index is 1.77. The molecule has 3 rings (SSSR count). The van der Waals surface area contributed by atoms with Crippen molar-refractivity contribution in [2.75, 3.05) is 10.0 Å². The van der Waals surface area contributed by atoms with E-state index in [2.05, 4.69) is 20.2 Å². The monoisotopic (exact) mass is 442 g/mol. The van der Waals surface area contributed by atoms with E-state index in [4.69, 9.17) is 23.2 Å². The number of hydrogen-bond donors (Lipinski definition) is 2. The van der Waals surface area contributed by atoms with Crippen molar-refractivity contribution < 1.29 is 13.2 Å². The average Bonchev–Trinajstić information content (AvgIpc) is 3.08. The Bertz CT molecular complexity index is 1100. The van der Waals surface area contributed by atoms with Gasteiger partial charge in [0.2, 0.25) is 5.13 Å². The van der Waals surface area contributed by atoms with Crippen LogP contribution < -0.4 is 10.0 Å². The van der Waals surface area contributed by atoms with Crippen molar-refractivity contribution in [2.45, 2.75) is 11.3 Å². The maximum absolute atomic E-state index is 12.5. The summed E-state index contributed by atoms with van der Waals surface area (Å²) in [5, 5.41) is 10.8. The third-order valence-corrected chi connectivity index (χ3v) is 6.47.